The van der Waals surface area contributed by atoms with Crippen molar-refractivity contribution in [2.24, 2.45) is 0 Å². The predicted octanol–water partition coefficient (Wildman–Crippen LogP) is 0.691. The van der Waals surface area contributed by atoms with Crippen molar-refractivity contribution in [1.82, 2.24) is 14.9 Å². The molecule has 1 unspecified atom stereocenters. The fraction of sp³-hybridized carbons (Fsp3) is 0.100. The molecule has 1 N–H and O–H groups in total. The maximum Gasteiger partial charge on any atom is 0.340 e. The van der Waals surface area contributed by atoms with E-state index in [2.05, 4.69) is 15.6 Å². The number of aromatic nitrogens is 3. The summed E-state index contributed by atoms with van der Waals surface area (Å²) in [6, 6.07) is 7.26. The molecular formula is C10H8N4O2. The Morgan fingerprint density at radius 3 is 2.81 bits per heavy atom. The van der Waals surface area contributed by atoms with Gasteiger partial charge in [0.15, 0.2) is 0 Å². The second-order valence-corrected chi connectivity index (χ2v) is 3.37. The van der Waals surface area contributed by atoms with Crippen molar-refractivity contribution < 1.29 is 9.53 Å². The lowest BCUT2D eigenvalue weighted by molar-refractivity contribution is 0.0414. The first-order valence-electron chi connectivity index (χ1n) is 4.76. The van der Waals surface area contributed by atoms with Crippen LogP contribution < -0.4 is 5.43 Å². The van der Waals surface area contributed by atoms with Crippen LogP contribution in [-0.2, 0) is 4.74 Å². The molecule has 1 aliphatic heterocycles. The summed E-state index contributed by atoms with van der Waals surface area (Å²) in [6.07, 6.45) is 2.50. The van der Waals surface area contributed by atoms with Crippen molar-refractivity contribution in [2.75, 3.05) is 5.43 Å². The summed E-state index contributed by atoms with van der Waals surface area (Å²) in [6.45, 7) is 0. The molecule has 2 heterocycles. The molecule has 0 saturated carbocycles. The Balaban J connectivity index is 1.92. The van der Waals surface area contributed by atoms with Gasteiger partial charge in [-0.3, -0.25) is 5.43 Å². The summed E-state index contributed by atoms with van der Waals surface area (Å²) in [5, 5.41) is 7.30. The molecule has 80 valence electrons. The van der Waals surface area contributed by atoms with Gasteiger partial charge in [-0.05, 0) is 6.07 Å². The normalized spacial score (nSPS) is 18.0. The fourth-order valence-electron chi connectivity index (χ4n) is 1.64. The summed E-state index contributed by atoms with van der Waals surface area (Å²) in [5.41, 5.74) is 4.37. The molecule has 16 heavy (non-hydrogen) atoms. The zero-order chi connectivity index (χ0) is 11.0. The third-order valence-corrected chi connectivity index (χ3v) is 2.37. The highest BCUT2D eigenvalue weighted by Crippen LogP contribution is 2.28. The molecule has 1 atom stereocenters. The van der Waals surface area contributed by atoms with E-state index in [1.54, 1.807) is 16.8 Å². The van der Waals surface area contributed by atoms with E-state index in [4.69, 9.17) is 4.74 Å². The second-order valence-electron chi connectivity index (χ2n) is 3.37. The van der Waals surface area contributed by atoms with Gasteiger partial charge >= 0.3 is 5.97 Å². The summed E-state index contributed by atoms with van der Waals surface area (Å²) in [4.78, 5) is 11.5. The third kappa shape index (κ3) is 1.31. The van der Waals surface area contributed by atoms with Gasteiger partial charge in [0.2, 0.25) is 6.23 Å². The predicted molar refractivity (Wildman–Crippen MR) is 54.0 cm³/mol. The van der Waals surface area contributed by atoms with Crippen LogP contribution >= 0.6 is 0 Å². The zero-order valence-corrected chi connectivity index (χ0v) is 8.20. The molecule has 1 aliphatic rings. The standard InChI is InChI=1S/C10H8N4O2/c15-10-8-4-2-1-3-7(8)9(16-10)13-14-5-11-12-6-14/h1-6,9,13H. The monoisotopic (exact) mass is 216 g/mol. The molecule has 0 radical (unpaired) electrons. The Morgan fingerprint density at radius 2 is 2.00 bits per heavy atom. The Morgan fingerprint density at radius 1 is 1.25 bits per heavy atom. The molecule has 0 spiro atoms. The first-order valence-corrected chi connectivity index (χ1v) is 4.76. The Labute approximate surface area is 90.8 Å². The van der Waals surface area contributed by atoms with Crippen molar-refractivity contribution in [3.8, 4) is 0 Å². The molecule has 0 saturated heterocycles. The Bertz CT molecular complexity index is 523. The minimum atomic E-state index is -0.486. The molecule has 6 heteroatoms. The molecule has 6 nitrogen and oxygen atoms in total. The summed E-state index contributed by atoms with van der Waals surface area (Å²) >= 11 is 0. The van der Waals surface area contributed by atoms with E-state index in [-0.39, 0.29) is 5.97 Å². The van der Waals surface area contributed by atoms with Crippen molar-refractivity contribution >= 4 is 5.97 Å². The highest BCUT2D eigenvalue weighted by molar-refractivity contribution is 5.94. The molecule has 0 amide bonds. The minimum Gasteiger partial charge on any atom is -0.432 e. The van der Waals surface area contributed by atoms with Crippen LogP contribution in [0.3, 0.4) is 0 Å². The van der Waals surface area contributed by atoms with Crippen LogP contribution in [0.2, 0.25) is 0 Å². The Kier molecular flexibility index (Phi) is 1.86. The highest BCUT2D eigenvalue weighted by Gasteiger charge is 2.30. The van der Waals surface area contributed by atoms with Gasteiger partial charge in [0.05, 0.1) is 5.56 Å². The average Bonchev–Trinajstić information content (AvgIpc) is 2.90. The quantitative estimate of drug-likeness (QED) is 0.748. The van der Waals surface area contributed by atoms with E-state index in [0.29, 0.717) is 5.56 Å². The third-order valence-electron chi connectivity index (χ3n) is 2.37. The average molecular weight is 216 g/mol. The number of rotatable bonds is 2. The summed E-state index contributed by atoms with van der Waals surface area (Å²) < 4.78 is 6.72. The molecule has 0 aliphatic carbocycles. The molecule has 3 rings (SSSR count). The van der Waals surface area contributed by atoms with Crippen LogP contribution in [0.4, 0.5) is 0 Å². The van der Waals surface area contributed by atoms with Gasteiger partial charge in [-0.15, -0.1) is 10.2 Å². The maximum absolute atomic E-state index is 11.5. The van der Waals surface area contributed by atoms with Gasteiger partial charge in [0.1, 0.15) is 12.7 Å². The van der Waals surface area contributed by atoms with E-state index >= 15 is 0 Å². The van der Waals surface area contributed by atoms with E-state index in [1.165, 1.54) is 12.7 Å². The van der Waals surface area contributed by atoms with E-state index in [1.807, 2.05) is 12.1 Å². The van der Waals surface area contributed by atoms with Gasteiger partial charge in [-0.25, -0.2) is 9.47 Å². The molecule has 1 aromatic heterocycles. The number of fused-ring (bicyclic) bond motifs is 1. The lowest BCUT2D eigenvalue weighted by Gasteiger charge is -2.13. The van der Waals surface area contributed by atoms with Crippen molar-refractivity contribution in [1.29, 1.82) is 0 Å². The van der Waals surface area contributed by atoms with E-state index in [9.17, 15) is 4.79 Å². The SMILES string of the molecule is O=C1OC(Nn2cnnc2)c2ccccc21. The number of esters is 1. The van der Waals surface area contributed by atoms with Gasteiger partial charge < -0.3 is 4.74 Å². The Hall–Kier alpha value is -2.37. The molecular weight excluding hydrogens is 208 g/mol. The maximum atomic E-state index is 11.5. The van der Waals surface area contributed by atoms with Crippen LogP contribution in [0.25, 0.3) is 0 Å². The van der Waals surface area contributed by atoms with E-state index < -0.39 is 6.23 Å². The van der Waals surface area contributed by atoms with Crippen LogP contribution in [0.1, 0.15) is 22.1 Å². The number of ether oxygens (including phenoxy) is 1. The molecule has 1 aromatic carbocycles. The molecule has 2 aromatic rings. The van der Waals surface area contributed by atoms with Gasteiger partial charge in [0, 0.05) is 5.56 Å². The van der Waals surface area contributed by atoms with Gasteiger partial charge in [0.25, 0.3) is 0 Å². The lowest BCUT2D eigenvalue weighted by atomic mass is 10.1. The lowest BCUT2D eigenvalue weighted by Crippen LogP contribution is -2.19. The van der Waals surface area contributed by atoms with Crippen LogP contribution in [0.5, 0.6) is 0 Å². The number of hydrogen-bond donors (Lipinski definition) is 1. The van der Waals surface area contributed by atoms with Gasteiger partial charge in [-0.1, -0.05) is 18.2 Å². The van der Waals surface area contributed by atoms with Crippen molar-refractivity contribution in [3.05, 3.63) is 48.0 Å². The smallest absolute Gasteiger partial charge is 0.340 e. The van der Waals surface area contributed by atoms with E-state index in [0.717, 1.165) is 5.56 Å². The fourth-order valence-corrected chi connectivity index (χ4v) is 1.64. The highest BCUT2D eigenvalue weighted by atomic mass is 16.6. The number of benzene rings is 1. The van der Waals surface area contributed by atoms with Crippen LogP contribution in [-0.4, -0.2) is 20.8 Å². The van der Waals surface area contributed by atoms with Crippen molar-refractivity contribution in [3.63, 3.8) is 0 Å². The van der Waals surface area contributed by atoms with Crippen LogP contribution in [0, 0.1) is 0 Å². The number of cyclic esters (lactones) is 1. The summed E-state index contributed by atoms with van der Waals surface area (Å²) in [7, 11) is 0. The molecule has 0 bridgehead atoms. The number of nitrogens with one attached hydrogen (secondary N) is 1. The topological polar surface area (TPSA) is 69.0 Å². The largest absolute Gasteiger partial charge is 0.432 e. The second kappa shape index (κ2) is 3.34. The number of hydrogen-bond acceptors (Lipinski definition) is 5. The minimum absolute atomic E-state index is 0.318. The van der Waals surface area contributed by atoms with Crippen LogP contribution in [0.15, 0.2) is 36.9 Å². The zero-order valence-electron chi connectivity index (χ0n) is 8.20. The number of carbonyl (C=O) groups is 1. The first kappa shape index (κ1) is 8.90. The van der Waals surface area contributed by atoms with Gasteiger partial charge in [-0.2, -0.15) is 0 Å². The summed E-state index contributed by atoms with van der Waals surface area (Å²) in [5.74, 6) is -0.318. The first-order chi connectivity index (χ1) is 7.84. The van der Waals surface area contributed by atoms with Crippen molar-refractivity contribution in [2.45, 2.75) is 6.23 Å². The number of nitrogens with zero attached hydrogens (tertiary/aromatic N) is 3. The molecule has 0 fully saturated rings. The number of carbonyl (C=O) groups excluding carboxylic acids is 1.